The Balaban J connectivity index is 2.36. The number of pyridine rings is 1. The summed E-state index contributed by atoms with van der Waals surface area (Å²) in [6.07, 6.45) is 0. The highest BCUT2D eigenvalue weighted by atomic mass is 35.5. The van der Waals surface area contributed by atoms with Crippen LogP contribution in [0.5, 0.6) is 0 Å². The van der Waals surface area contributed by atoms with E-state index in [1.807, 2.05) is 42.5 Å². The van der Waals surface area contributed by atoms with Crippen LogP contribution in [0, 0.1) is 0 Å². The number of hydrogen-bond donors (Lipinski definition) is 2. The Bertz CT molecular complexity index is 862. The van der Waals surface area contributed by atoms with Gasteiger partial charge in [0, 0.05) is 27.2 Å². The number of halogens is 1. The minimum absolute atomic E-state index is 0.0198. The van der Waals surface area contributed by atoms with Gasteiger partial charge in [0.15, 0.2) is 0 Å². The van der Waals surface area contributed by atoms with Crippen LogP contribution in [0.1, 0.15) is 0 Å². The predicted octanol–water partition coefficient (Wildman–Crippen LogP) is 3.93. The lowest BCUT2D eigenvalue weighted by molar-refractivity contribution is 0.322. The number of thioether (sulfide) groups is 1. The second-order valence-corrected chi connectivity index (χ2v) is 6.33. The van der Waals surface area contributed by atoms with E-state index in [0.717, 1.165) is 22.0 Å². The van der Waals surface area contributed by atoms with Gasteiger partial charge in [0.05, 0.1) is 11.5 Å². The molecule has 0 saturated heterocycles. The Hall–Kier alpha value is -1.75. The smallest absolute Gasteiger partial charge is 0.262 e. The lowest BCUT2D eigenvalue weighted by Gasteiger charge is -2.12. The van der Waals surface area contributed by atoms with E-state index in [4.69, 9.17) is 16.7 Å². The summed E-state index contributed by atoms with van der Waals surface area (Å²) in [5, 5.41) is 10.6. The van der Waals surface area contributed by atoms with Gasteiger partial charge in [0.1, 0.15) is 0 Å². The van der Waals surface area contributed by atoms with Crippen LogP contribution in [-0.2, 0) is 0 Å². The van der Waals surface area contributed by atoms with Gasteiger partial charge in [-0.05, 0) is 23.8 Å². The zero-order valence-electron chi connectivity index (χ0n) is 11.7. The van der Waals surface area contributed by atoms with Crippen LogP contribution in [0.15, 0.2) is 58.2 Å². The van der Waals surface area contributed by atoms with Crippen molar-refractivity contribution in [2.45, 2.75) is 4.90 Å². The lowest BCUT2D eigenvalue weighted by atomic mass is 10.0. The van der Waals surface area contributed by atoms with E-state index in [1.165, 1.54) is 11.8 Å². The molecule has 3 rings (SSSR count). The van der Waals surface area contributed by atoms with Crippen LogP contribution >= 0.6 is 23.4 Å². The minimum Gasteiger partial charge on any atom is -0.396 e. The van der Waals surface area contributed by atoms with E-state index in [-0.39, 0.29) is 12.2 Å². The summed E-state index contributed by atoms with van der Waals surface area (Å²) in [4.78, 5) is 15.9. The molecule has 0 saturated carbocycles. The SMILES string of the molecule is O=c1[nH]c2ccc(Cl)cc2c(-c2ccccc2)c1SCCO. The maximum atomic E-state index is 12.4. The van der Waals surface area contributed by atoms with Gasteiger partial charge in [0.25, 0.3) is 5.56 Å². The second kappa shape index (κ2) is 6.57. The Morgan fingerprint density at radius 2 is 1.91 bits per heavy atom. The second-order valence-electron chi connectivity index (χ2n) is 4.79. The summed E-state index contributed by atoms with van der Waals surface area (Å²) in [5.74, 6) is 0.467. The first kappa shape index (κ1) is 15.2. The van der Waals surface area contributed by atoms with E-state index in [9.17, 15) is 4.79 Å². The number of nitrogens with one attached hydrogen (secondary N) is 1. The lowest BCUT2D eigenvalue weighted by Crippen LogP contribution is -2.11. The normalized spacial score (nSPS) is 11.0. The van der Waals surface area contributed by atoms with Gasteiger partial charge < -0.3 is 10.1 Å². The molecule has 0 bridgehead atoms. The van der Waals surface area contributed by atoms with Gasteiger partial charge in [-0.3, -0.25) is 4.79 Å². The molecule has 0 aliphatic heterocycles. The van der Waals surface area contributed by atoms with Crippen molar-refractivity contribution in [2.75, 3.05) is 12.4 Å². The maximum absolute atomic E-state index is 12.4. The largest absolute Gasteiger partial charge is 0.396 e. The third-order valence-corrected chi connectivity index (χ3v) is 4.63. The number of H-pyrrole nitrogens is 1. The summed E-state index contributed by atoms with van der Waals surface area (Å²) in [5.41, 5.74) is 2.43. The van der Waals surface area contributed by atoms with Crippen LogP contribution in [-0.4, -0.2) is 22.5 Å². The Labute approximate surface area is 137 Å². The van der Waals surface area contributed by atoms with Crippen molar-refractivity contribution in [3.8, 4) is 11.1 Å². The van der Waals surface area contributed by atoms with E-state index in [2.05, 4.69) is 4.98 Å². The first-order valence-electron chi connectivity index (χ1n) is 6.85. The molecule has 1 aromatic heterocycles. The third kappa shape index (κ3) is 2.90. The first-order chi connectivity index (χ1) is 10.7. The van der Waals surface area contributed by atoms with Crippen LogP contribution < -0.4 is 5.56 Å². The Morgan fingerprint density at radius 3 is 2.64 bits per heavy atom. The fraction of sp³-hybridized carbons (Fsp3) is 0.118. The van der Waals surface area contributed by atoms with Crippen molar-refractivity contribution < 1.29 is 5.11 Å². The van der Waals surface area contributed by atoms with E-state index < -0.39 is 0 Å². The Morgan fingerprint density at radius 1 is 1.14 bits per heavy atom. The standard InChI is InChI=1S/C17H14ClNO2S/c18-12-6-7-14-13(10-12)15(11-4-2-1-3-5-11)16(17(21)19-14)22-9-8-20/h1-7,10,20H,8-9H2,(H,19,21). The van der Waals surface area contributed by atoms with Crippen molar-refractivity contribution in [1.29, 1.82) is 0 Å². The third-order valence-electron chi connectivity index (χ3n) is 3.33. The molecule has 0 fully saturated rings. The molecule has 0 aliphatic carbocycles. The molecule has 3 nitrogen and oxygen atoms in total. The molecule has 0 amide bonds. The molecular weight excluding hydrogens is 318 g/mol. The monoisotopic (exact) mass is 331 g/mol. The molecule has 3 aromatic rings. The quantitative estimate of drug-likeness (QED) is 0.712. The number of benzene rings is 2. The van der Waals surface area contributed by atoms with Gasteiger partial charge in [-0.2, -0.15) is 0 Å². The highest BCUT2D eigenvalue weighted by molar-refractivity contribution is 7.99. The fourth-order valence-corrected chi connectivity index (χ4v) is 3.45. The zero-order valence-corrected chi connectivity index (χ0v) is 13.2. The predicted molar refractivity (Wildman–Crippen MR) is 92.8 cm³/mol. The van der Waals surface area contributed by atoms with Crippen molar-refractivity contribution in [3.05, 3.63) is 63.9 Å². The molecule has 0 spiro atoms. The number of hydrogen-bond acceptors (Lipinski definition) is 3. The van der Waals surface area contributed by atoms with Gasteiger partial charge in [-0.15, -0.1) is 11.8 Å². The van der Waals surface area contributed by atoms with Crippen LogP contribution in [0.3, 0.4) is 0 Å². The molecule has 5 heteroatoms. The molecule has 0 aliphatic rings. The molecular formula is C17H14ClNO2S. The molecule has 0 radical (unpaired) electrons. The number of rotatable bonds is 4. The molecule has 22 heavy (non-hydrogen) atoms. The van der Waals surface area contributed by atoms with Crippen molar-refractivity contribution in [2.24, 2.45) is 0 Å². The number of aromatic amines is 1. The van der Waals surface area contributed by atoms with Gasteiger partial charge in [-0.1, -0.05) is 41.9 Å². The molecule has 0 atom stereocenters. The molecule has 1 heterocycles. The minimum atomic E-state index is -0.146. The highest BCUT2D eigenvalue weighted by Crippen LogP contribution is 2.35. The first-order valence-corrected chi connectivity index (χ1v) is 8.21. The summed E-state index contributed by atoms with van der Waals surface area (Å²) >= 11 is 7.49. The molecule has 2 N–H and O–H groups in total. The summed E-state index contributed by atoms with van der Waals surface area (Å²) in [6.45, 7) is 0.0198. The van der Waals surface area contributed by atoms with E-state index in [0.29, 0.717) is 15.7 Å². The van der Waals surface area contributed by atoms with Gasteiger partial charge in [0.2, 0.25) is 0 Å². The topological polar surface area (TPSA) is 53.1 Å². The number of aromatic nitrogens is 1. The number of aliphatic hydroxyl groups is 1. The van der Waals surface area contributed by atoms with E-state index >= 15 is 0 Å². The number of fused-ring (bicyclic) bond motifs is 1. The fourth-order valence-electron chi connectivity index (χ4n) is 2.42. The van der Waals surface area contributed by atoms with E-state index in [1.54, 1.807) is 6.07 Å². The number of aliphatic hydroxyl groups excluding tert-OH is 1. The molecule has 0 unspecified atom stereocenters. The van der Waals surface area contributed by atoms with Gasteiger partial charge >= 0.3 is 0 Å². The zero-order chi connectivity index (χ0) is 15.5. The average molecular weight is 332 g/mol. The Kier molecular flexibility index (Phi) is 4.52. The van der Waals surface area contributed by atoms with Crippen LogP contribution in [0.25, 0.3) is 22.0 Å². The van der Waals surface area contributed by atoms with Crippen molar-refractivity contribution in [1.82, 2.24) is 4.98 Å². The van der Waals surface area contributed by atoms with Gasteiger partial charge in [-0.25, -0.2) is 0 Å². The molecule has 2 aromatic carbocycles. The summed E-state index contributed by atoms with van der Waals surface area (Å²) in [7, 11) is 0. The van der Waals surface area contributed by atoms with Crippen LogP contribution in [0.4, 0.5) is 0 Å². The average Bonchev–Trinajstić information content (AvgIpc) is 2.54. The summed E-state index contributed by atoms with van der Waals surface area (Å²) in [6, 6.07) is 15.2. The van der Waals surface area contributed by atoms with Crippen LogP contribution in [0.2, 0.25) is 5.02 Å². The van der Waals surface area contributed by atoms with Crippen molar-refractivity contribution >= 4 is 34.3 Å². The summed E-state index contributed by atoms with van der Waals surface area (Å²) < 4.78 is 0. The maximum Gasteiger partial charge on any atom is 0.262 e. The highest BCUT2D eigenvalue weighted by Gasteiger charge is 2.15. The molecule has 112 valence electrons. The van der Waals surface area contributed by atoms with Crippen molar-refractivity contribution in [3.63, 3.8) is 0 Å².